The van der Waals surface area contributed by atoms with Gasteiger partial charge in [0.25, 0.3) is 0 Å². The minimum absolute atomic E-state index is 0.00724. The summed E-state index contributed by atoms with van der Waals surface area (Å²) >= 11 is 0. The van der Waals surface area contributed by atoms with Gasteiger partial charge in [-0.15, -0.1) is 0 Å². The van der Waals surface area contributed by atoms with Crippen LogP contribution in [0.2, 0.25) is 0 Å². The number of aliphatic hydroxyl groups excluding tert-OH is 1. The number of ether oxygens (including phenoxy) is 1. The van der Waals surface area contributed by atoms with Gasteiger partial charge in [-0.05, 0) is 11.8 Å². The first-order valence-electron chi connectivity index (χ1n) is 6.36. The molecule has 1 aromatic rings. The van der Waals surface area contributed by atoms with Gasteiger partial charge in [0.2, 0.25) is 11.7 Å². The van der Waals surface area contributed by atoms with Crippen LogP contribution in [-0.2, 0) is 0 Å². The number of anilines is 1. The average Bonchev–Trinajstić information content (AvgIpc) is 2.36. The summed E-state index contributed by atoms with van der Waals surface area (Å²) in [5.74, 6) is 0.456. The van der Waals surface area contributed by atoms with Gasteiger partial charge in [0.05, 0.1) is 12.0 Å². The minimum atomic E-state index is -0.493. The molecule has 0 spiro atoms. The molecule has 112 valence electrons. The van der Waals surface area contributed by atoms with Gasteiger partial charge >= 0.3 is 5.69 Å². The molecular weight excluding hydrogens is 262 g/mol. The van der Waals surface area contributed by atoms with Crippen LogP contribution in [0.15, 0.2) is 12.1 Å². The van der Waals surface area contributed by atoms with E-state index in [9.17, 15) is 10.1 Å². The smallest absolute Gasteiger partial charge is 0.311 e. The zero-order chi connectivity index (χ0) is 15.3. The van der Waals surface area contributed by atoms with Gasteiger partial charge < -0.3 is 15.2 Å². The molecule has 20 heavy (non-hydrogen) atoms. The van der Waals surface area contributed by atoms with Crippen LogP contribution in [0.5, 0.6) is 5.88 Å². The second kappa shape index (κ2) is 6.51. The summed E-state index contributed by atoms with van der Waals surface area (Å²) in [6.07, 6.45) is 0.472. The Hall–Kier alpha value is -1.89. The number of methoxy groups -OCH3 is 1. The van der Waals surface area contributed by atoms with Crippen molar-refractivity contribution in [2.45, 2.75) is 33.2 Å². The van der Waals surface area contributed by atoms with Crippen LogP contribution in [-0.4, -0.2) is 34.8 Å². The first-order valence-corrected chi connectivity index (χ1v) is 6.36. The van der Waals surface area contributed by atoms with Crippen LogP contribution in [0.1, 0.15) is 27.2 Å². The summed E-state index contributed by atoms with van der Waals surface area (Å²) in [4.78, 5) is 14.6. The third-order valence-electron chi connectivity index (χ3n) is 3.03. The van der Waals surface area contributed by atoms with Gasteiger partial charge in [-0.25, -0.2) is 0 Å². The Balaban J connectivity index is 3.12. The quantitative estimate of drug-likeness (QED) is 0.613. The van der Waals surface area contributed by atoms with Crippen molar-refractivity contribution in [1.29, 1.82) is 0 Å². The predicted molar refractivity (Wildman–Crippen MR) is 76.0 cm³/mol. The highest BCUT2D eigenvalue weighted by atomic mass is 16.6. The van der Waals surface area contributed by atoms with Gasteiger partial charge in [0.1, 0.15) is 0 Å². The van der Waals surface area contributed by atoms with Gasteiger partial charge in [0.15, 0.2) is 0 Å². The molecule has 7 nitrogen and oxygen atoms in total. The summed E-state index contributed by atoms with van der Waals surface area (Å²) in [6.45, 7) is 5.97. The minimum Gasteiger partial charge on any atom is -0.481 e. The van der Waals surface area contributed by atoms with Crippen molar-refractivity contribution in [3.63, 3.8) is 0 Å². The number of hydrogen-bond donors (Lipinski definition) is 2. The highest BCUT2D eigenvalue weighted by molar-refractivity contribution is 5.57. The number of nitrogens with zero attached hydrogens (tertiary/aromatic N) is 2. The summed E-state index contributed by atoms with van der Waals surface area (Å²) < 4.78 is 4.99. The van der Waals surface area contributed by atoms with E-state index in [4.69, 9.17) is 9.84 Å². The van der Waals surface area contributed by atoms with Gasteiger partial charge in [-0.1, -0.05) is 20.8 Å². The molecule has 1 heterocycles. The maximum Gasteiger partial charge on any atom is 0.311 e. The van der Waals surface area contributed by atoms with E-state index >= 15 is 0 Å². The van der Waals surface area contributed by atoms with Crippen molar-refractivity contribution >= 4 is 11.5 Å². The number of pyridine rings is 1. The van der Waals surface area contributed by atoms with Crippen LogP contribution < -0.4 is 10.1 Å². The highest BCUT2D eigenvalue weighted by Crippen LogP contribution is 2.30. The Morgan fingerprint density at radius 2 is 2.15 bits per heavy atom. The number of aliphatic hydroxyl groups is 1. The van der Waals surface area contributed by atoms with E-state index in [-0.39, 0.29) is 29.6 Å². The topological polar surface area (TPSA) is 97.5 Å². The molecule has 0 aromatic carbocycles. The summed E-state index contributed by atoms with van der Waals surface area (Å²) in [7, 11) is 1.45. The molecule has 7 heteroatoms. The van der Waals surface area contributed by atoms with Crippen molar-refractivity contribution in [1.82, 2.24) is 4.98 Å². The fourth-order valence-electron chi connectivity index (χ4n) is 1.82. The number of nitro groups is 1. The maximum atomic E-state index is 11.0. The fraction of sp³-hybridized carbons (Fsp3) is 0.615. The molecule has 0 bridgehead atoms. The van der Waals surface area contributed by atoms with E-state index in [2.05, 4.69) is 10.3 Å². The molecule has 1 unspecified atom stereocenters. The standard InChI is InChI=1S/C13H21N3O4/c1-13(2,3)10(7-8-17)14-12-9(16(18)19)5-6-11(15-12)20-4/h5-6,10,17H,7-8H2,1-4H3,(H,14,15). The summed E-state index contributed by atoms with van der Waals surface area (Å²) in [5.41, 5.74) is -0.292. The van der Waals surface area contributed by atoms with Crippen LogP contribution in [0.25, 0.3) is 0 Å². The lowest BCUT2D eigenvalue weighted by atomic mass is 9.85. The molecule has 0 aliphatic heterocycles. The number of aromatic nitrogens is 1. The van der Waals surface area contributed by atoms with E-state index in [1.165, 1.54) is 19.2 Å². The average molecular weight is 283 g/mol. The first kappa shape index (κ1) is 16.2. The van der Waals surface area contributed by atoms with Crippen molar-refractivity contribution in [3.8, 4) is 5.88 Å². The Morgan fingerprint density at radius 3 is 2.60 bits per heavy atom. The van der Waals surface area contributed by atoms with Crippen molar-refractivity contribution < 1.29 is 14.8 Å². The first-order chi connectivity index (χ1) is 9.29. The maximum absolute atomic E-state index is 11.0. The molecular formula is C13H21N3O4. The van der Waals surface area contributed by atoms with Gasteiger partial charge in [-0.2, -0.15) is 4.98 Å². The second-order valence-corrected chi connectivity index (χ2v) is 5.55. The molecule has 0 saturated heterocycles. The lowest BCUT2D eigenvalue weighted by molar-refractivity contribution is -0.384. The SMILES string of the molecule is COc1ccc([N+](=O)[O-])c(NC(CCO)C(C)(C)C)n1. The summed E-state index contributed by atoms with van der Waals surface area (Å²) in [6, 6.07) is 2.65. The second-order valence-electron chi connectivity index (χ2n) is 5.55. The Kier molecular flexibility index (Phi) is 5.26. The van der Waals surface area contributed by atoms with Gasteiger partial charge in [0, 0.05) is 24.8 Å². The van der Waals surface area contributed by atoms with Crippen LogP contribution in [0.3, 0.4) is 0 Å². The van der Waals surface area contributed by atoms with Crippen molar-refractivity contribution in [2.24, 2.45) is 5.41 Å². The van der Waals surface area contributed by atoms with E-state index in [1.54, 1.807) is 0 Å². The zero-order valence-electron chi connectivity index (χ0n) is 12.2. The molecule has 0 radical (unpaired) electrons. The fourth-order valence-corrected chi connectivity index (χ4v) is 1.82. The van der Waals surface area contributed by atoms with Gasteiger partial charge in [-0.3, -0.25) is 10.1 Å². The predicted octanol–water partition coefficient (Wildman–Crippen LogP) is 2.21. The van der Waals surface area contributed by atoms with E-state index in [0.717, 1.165) is 0 Å². The van der Waals surface area contributed by atoms with Crippen LogP contribution in [0, 0.1) is 15.5 Å². The molecule has 0 fully saturated rings. The zero-order valence-corrected chi connectivity index (χ0v) is 12.2. The van der Waals surface area contributed by atoms with E-state index < -0.39 is 4.92 Å². The van der Waals surface area contributed by atoms with Crippen molar-refractivity contribution in [3.05, 3.63) is 22.2 Å². The molecule has 0 aliphatic carbocycles. The Morgan fingerprint density at radius 1 is 1.50 bits per heavy atom. The number of rotatable bonds is 6. The molecule has 1 aromatic heterocycles. The lowest BCUT2D eigenvalue weighted by Gasteiger charge is -2.31. The van der Waals surface area contributed by atoms with Crippen LogP contribution in [0.4, 0.5) is 11.5 Å². The molecule has 0 amide bonds. The largest absolute Gasteiger partial charge is 0.481 e. The molecule has 1 rings (SSSR count). The number of nitrogens with one attached hydrogen (secondary N) is 1. The Bertz CT molecular complexity index is 471. The molecule has 2 N–H and O–H groups in total. The van der Waals surface area contributed by atoms with E-state index in [0.29, 0.717) is 12.3 Å². The molecule has 1 atom stereocenters. The molecule has 0 aliphatic rings. The third-order valence-corrected chi connectivity index (χ3v) is 3.03. The third kappa shape index (κ3) is 4.06. The van der Waals surface area contributed by atoms with E-state index in [1.807, 2.05) is 20.8 Å². The lowest BCUT2D eigenvalue weighted by Crippen LogP contribution is -2.35. The summed E-state index contributed by atoms with van der Waals surface area (Å²) in [5, 5.41) is 23.2. The monoisotopic (exact) mass is 283 g/mol. The Labute approximate surface area is 118 Å². The van der Waals surface area contributed by atoms with Crippen molar-refractivity contribution in [2.75, 3.05) is 19.0 Å². The van der Waals surface area contributed by atoms with Crippen LogP contribution >= 0.6 is 0 Å². The number of hydrogen-bond acceptors (Lipinski definition) is 6. The highest BCUT2D eigenvalue weighted by Gasteiger charge is 2.27. The normalized spacial score (nSPS) is 12.8. The molecule has 0 saturated carbocycles.